The summed E-state index contributed by atoms with van der Waals surface area (Å²) in [6, 6.07) is 85.9. The largest absolute Gasteiger partial charge is 0.311 e. The number of hydrogen-bond donors (Lipinski definition) is 0. The number of fused-ring (bicyclic) bond motifs is 7. The quantitative estimate of drug-likeness (QED) is 0.157. The molecular formula is C58H39N3. The average molecular weight is 778 g/mol. The highest BCUT2D eigenvalue weighted by atomic mass is 15.1. The van der Waals surface area contributed by atoms with Crippen LogP contribution in [0.1, 0.15) is 0 Å². The molecule has 0 N–H and O–H groups in total. The lowest BCUT2D eigenvalue weighted by Gasteiger charge is -2.26. The summed E-state index contributed by atoms with van der Waals surface area (Å²) in [6.45, 7) is 0. The predicted molar refractivity (Wildman–Crippen MR) is 258 cm³/mol. The van der Waals surface area contributed by atoms with Gasteiger partial charge >= 0.3 is 0 Å². The first-order chi connectivity index (χ1) is 30.2. The molecule has 0 atom stereocenters. The maximum absolute atomic E-state index is 2.37. The number of nitrogens with zero attached hydrogens (tertiary/aromatic N) is 3. The minimum absolute atomic E-state index is 1.08. The van der Waals surface area contributed by atoms with Gasteiger partial charge in [-0.15, -0.1) is 0 Å². The highest BCUT2D eigenvalue weighted by Crippen LogP contribution is 2.39. The fourth-order valence-electron chi connectivity index (χ4n) is 9.38. The molecule has 10 aromatic carbocycles. The standard InChI is InChI=1S/C58H39N3/c1-2-12-44-39-45(26-25-40(44)11-1)43-23-21-41(22-24-43)42-27-29-46(30-28-42)59(47-31-35-49(36-32-47)60-55-17-7-3-13-51(55)52-14-4-8-18-56(52)60)48-33-37-50(38-34-48)61-57-19-9-5-15-53(57)54-16-6-10-20-58(54)61/h1-39H. The first-order valence-corrected chi connectivity index (χ1v) is 20.9. The highest BCUT2D eigenvalue weighted by Gasteiger charge is 2.17. The van der Waals surface area contributed by atoms with Crippen molar-refractivity contribution in [3.05, 3.63) is 237 Å². The molecule has 0 unspecified atom stereocenters. The van der Waals surface area contributed by atoms with Crippen LogP contribution in [-0.4, -0.2) is 9.13 Å². The molecule has 3 heteroatoms. The Morgan fingerprint density at radius 1 is 0.246 bits per heavy atom. The van der Waals surface area contributed by atoms with Gasteiger partial charge in [0.15, 0.2) is 0 Å². The van der Waals surface area contributed by atoms with E-state index in [4.69, 9.17) is 0 Å². The van der Waals surface area contributed by atoms with Gasteiger partial charge in [0.1, 0.15) is 0 Å². The monoisotopic (exact) mass is 777 g/mol. The van der Waals surface area contributed by atoms with Crippen LogP contribution in [0.5, 0.6) is 0 Å². The molecule has 0 spiro atoms. The van der Waals surface area contributed by atoms with Crippen LogP contribution in [0.2, 0.25) is 0 Å². The van der Waals surface area contributed by atoms with Gasteiger partial charge in [-0.25, -0.2) is 0 Å². The Labute approximate surface area is 354 Å². The third kappa shape index (κ3) is 5.90. The van der Waals surface area contributed by atoms with E-state index in [0.29, 0.717) is 0 Å². The van der Waals surface area contributed by atoms with E-state index in [1.165, 1.54) is 76.6 Å². The zero-order chi connectivity index (χ0) is 40.3. The second kappa shape index (κ2) is 14.3. The van der Waals surface area contributed by atoms with Gasteiger partial charge in [0.25, 0.3) is 0 Å². The SMILES string of the molecule is c1ccc2cc(-c3ccc(-c4ccc(N(c5ccc(-n6c7ccccc7c7ccccc76)cc5)c5ccc(-n6c7ccccc7c7ccccc76)cc5)cc4)cc3)ccc2c1. The maximum Gasteiger partial charge on any atom is 0.0541 e. The molecule has 12 aromatic rings. The average Bonchev–Trinajstić information content (AvgIpc) is 3.85. The molecule has 0 radical (unpaired) electrons. The first kappa shape index (κ1) is 34.9. The number of rotatable bonds is 7. The van der Waals surface area contributed by atoms with E-state index < -0.39 is 0 Å². The summed E-state index contributed by atoms with van der Waals surface area (Å²) in [5.41, 5.74) is 15.1. The Kier molecular flexibility index (Phi) is 8.17. The van der Waals surface area contributed by atoms with Crippen LogP contribution < -0.4 is 4.90 Å². The lowest BCUT2D eigenvalue weighted by molar-refractivity contribution is 1.17. The van der Waals surface area contributed by atoms with Crippen LogP contribution in [0, 0.1) is 0 Å². The van der Waals surface area contributed by atoms with Crippen molar-refractivity contribution in [1.82, 2.24) is 9.13 Å². The maximum atomic E-state index is 2.37. The Hall–Kier alpha value is -8.14. The van der Waals surface area contributed by atoms with E-state index in [1.54, 1.807) is 0 Å². The van der Waals surface area contributed by atoms with E-state index in [-0.39, 0.29) is 0 Å². The van der Waals surface area contributed by atoms with Crippen LogP contribution in [0.15, 0.2) is 237 Å². The lowest BCUT2D eigenvalue weighted by Crippen LogP contribution is -2.10. The van der Waals surface area contributed by atoms with Crippen molar-refractivity contribution >= 4 is 71.4 Å². The second-order valence-corrected chi connectivity index (χ2v) is 15.8. The fraction of sp³-hybridized carbons (Fsp3) is 0. The van der Waals surface area contributed by atoms with Crippen molar-refractivity contribution in [3.63, 3.8) is 0 Å². The summed E-state index contributed by atoms with van der Waals surface area (Å²) < 4.78 is 4.75. The molecule has 0 saturated carbocycles. The van der Waals surface area contributed by atoms with Crippen molar-refractivity contribution in [2.45, 2.75) is 0 Å². The van der Waals surface area contributed by atoms with Crippen LogP contribution in [0.4, 0.5) is 17.1 Å². The minimum atomic E-state index is 1.08. The molecule has 0 amide bonds. The smallest absolute Gasteiger partial charge is 0.0541 e. The van der Waals surface area contributed by atoms with Crippen molar-refractivity contribution < 1.29 is 0 Å². The number of anilines is 3. The normalized spacial score (nSPS) is 11.6. The molecule has 0 bridgehead atoms. The molecule has 2 heterocycles. The number of benzene rings is 10. The molecule has 0 saturated heterocycles. The topological polar surface area (TPSA) is 13.1 Å². The summed E-state index contributed by atoms with van der Waals surface area (Å²) in [4.78, 5) is 2.36. The zero-order valence-electron chi connectivity index (χ0n) is 33.4. The van der Waals surface area contributed by atoms with Gasteiger partial charge < -0.3 is 14.0 Å². The van der Waals surface area contributed by atoms with Crippen molar-refractivity contribution in [3.8, 4) is 33.6 Å². The van der Waals surface area contributed by atoms with E-state index in [9.17, 15) is 0 Å². The summed E-state index contributed by atoms with van der Waals surface area (Å²) in [5, 5.41) is 7.55. The third-order valence-corrected chi connectivity index (χ3v) is 12.3. The van der Waals surface area contributed by atoms with Gasteiger partial charge in [-0.05, 0) is 124 Å². The third-order valence-electron chi connectivity index (χ3n) is 12.3. The Balaban J connectivity index is 0.927. The molecule has 61 heavy (non-hydrogen) atoms. The van der Waals surface area contributed by atoms with Gasteiger partial charge in [0.05, 0.1) is 22.1 Å². The Morgan fingerprint density at radius 3 is 0.984 bits per heavy atom. The van der Waals surface area contributed by atoms with Gasteiger partial charge in [0, 0.05) is 50.0 Å². The van der Waals surface area contributed by atoms with Crippen LogP contribution in [-0.2, 0) is 0 Å². The molecule has 0 aliphatic rings. The first-order valence-electron chi connectivity index (χ1n) is 20.9. The lowest BCUT2D eigenvalue weighted by atomic mass is 9.98. The van der Waals surface area contributed by atoms with Gasteiger partial charge in [0.2, 0.25) is 0 Å². The number of aromatic nitrogens is 2. The summed E-state index contributed by atoms with van der Waals surface area (Å²) in [6.07, 6.45) is 0. The van der Waals surface area contributed by atoms with E-state index in [1.807, 2.05) is 0 Å². The van der Waals surface area contributed by atoms with E-state index >= 15 is 0 Å². The van der Waals surface area contributed by atoms with Crippen LogP contribution in [0.3, 0.4) is 0 Å². The van der Waals surface area contributed by atoms with Gasteiger partial charge in [-0.1, -0.05) is 146 Å². The molecule has 2 aromatic heterocycles. The van der Waals surface area contributed by atoms with E-state index in [0.717, 1.165) is 28.4 Å². The number of hydrogen-bond acceptors (Lipinski definition) is 1. The number of para-hydroxylation sites is 4. The Morgan fingerprint density at radius 2 is 0.557 bits per heavy atom. The summed E-state index contributed by atoms with van der Waals surface area (Å²) in [5.74, 6) is 0. The molecular weight excluding hydrogens is 739 g/mol. The second-order valence-electron chi connectivity index (χ2n) is 15.8. The van der Waals surface area contributed by atoms with Crippen molar-refractivity contribution in [1.29, 1.82) is 0 Å². The van der Waals surface area contributed by atoms with Gasteiger partial charge in [-0.3, -0.25) is 0 Å². The van der Waals surface area contributed by atoms with Crippen molar-refractivity contribution in [2.75, 3.05) is 4.90 Å². The van der Waals surface area contributed by atoms with Crippen LogP contribution in [0.25, 0.3) is 88.0 Å². The zero-order valence-corrected chi connectivity index (χ0v) is 33.4. The minimum Gasteiger partial charge on any atom is -0.311 e. The highest BCUT2D eigenvalue weighted by molar-refractivity contribution is 6.10. The Bertz CT molecular complexity index is 3290. The molecule has 286 valence electrons. The fourth-order valence-corrected chi connectivity index (χ4v) is 9.38. The molecule has 0 aliphatic heterocycles. The molecule has 3 nitrogen and oxygen atoms in total. The van der Waals surface area contributed by atoms with Crippen molar-refractivity contribution in [2.24, 2.45) is 0 Å². The summed E-state index contributed by atoms with van der Waals surface area (Å²) in [7, 11) is 0. The van der Waals surface area contributed by atoms with Crippen LogP contribution >= 0.6 is 0 Å². The van der Waals surface area contributed by atoms with Gasteiger partial charge in [-0.2, -0.15) is 0 Å². The predicted octanol–water partition coefficient (Wildman–Crippen LogP) is 15.8. The molecule has 0 fully saturated rings. The summed E-state index contributed by atoms with van der Waals surface area (Å²) >= 11 is 0. The van der Waals surface area contributed by atoms with E-state index in [2.05, 4.69) is 251 Å². The molecule has 0 aliphatic carbocycles. The molecule has 12 rings (SSSR count).